The maximum absolute atomic E-state index is 13.4. The van der Waals surface area contributed by atoms with E-state index in [9.17, 15) is 16.8 Å². The minimum absolute atomic E-state index is 0.0556. The summed E-state index contributed by atoms with van der Waals surface area (Å²) in [6, 6.07) is 4.79. The summed E-state index contributed by atoms with van der Waals surface area (Å²) in [6.07, 6.45) is 1.03. The zero-order valence-electron chi connectivity index (χ0n) is 16.6. The molecule has 1 aromatic carbocycles. The van der Waals surface area contributed by atoms with Gasteiger partial charge in [0.1, 0.15) is 0 Å². The van der Waals surface area contributed by atoms with Gasteiger partial charge in [0.15, 0.2) is 9.84 Å². The molecule has 0 aliphatic carbocycles. The van der Waals surface area contributed by atoms with E-state index in [4.69, 9.17) is 4.74 Å². The monoisotopic (exact) mass is 430 g/mol. The van der Waals surface area contributed by atoms with Gasteiger partial charge in [0.25, 0.3) is 0 Å². The molecule has 3 rings (SSSR count). The number of benzene rings is 1. The molecule has 7 nitrogen and oxygen atoms in total. The number of aryl methyl sites for hydroxylation is 2. The van der Waals surface area contributed by atoms with Crippen LogP contribution in [0.1, 0.15) is 24.0 Å². The molecule has 0 saturated carbocycles. The van der Waals surface area contributed by atoms with Crippen LogP contribution in [-0.4, -0.2) is 83.0 Å². The Bertz CT molecular complexity index is 893. The van der Waals surface area contributed by atoms with Crippen LogP contribution < -0.4 is 0 Å². The van der Waals surface area contributed by atoms with Crippen molar-refractivity contribution in [2.45, 2.75) is 37.6 Å². The minimum atomic E-state index is -3.76. The highest BCUT2D eigenvalue weighted by atomic mass is 32.2. The van der Waals surface area contributed by atoms with E-state index in [2.05, 4.69) is 4.90 Å². The van der Waals surface area contributed by atoms with Crippen molar-refractivity contribution in [1.82, 2.24) is 9.21 Å². The molecule has 0 spiro atoms. The summed E-state index contributed by atoms with van der Waals surface area (Å²) in [5, 5.41) is 0. The second kappa shape index (κ2) is 8.79. The Kier molecular flexibility index (Phi) is 6.81. The largest absolute Gasteiger partial charge is 0.379 e. The van der Waals surface area contributed by atoms with Crippen LogP contribution >= 0.6 is 0 Å². The van der Waals surface area contributed by atoms with Gasteiger partial charge in [-0.15, -0.1) is 0 Å². The van der Waals surface area contributed by atoms with E-state index in [0.717, 1.165) is 25.2 Å². The summed E-state index contributed by atoms with van der Waals surface area (Å²) in [5.74, 6) is -0.0330. The van der Waals surface area contributed by atoms with E-state index < -0.39 is 25.9 Å². The zero-order chi connectivity index (χ0) is 20.4. The molecule has 0 unspecified atom stereocenters. The molecule has 0 bridgehead atoms. The predicted molar refractivity (Wildman–Crippen MR) is 109 cm³/mol. The van der Waals surface area contributed by atoms with Crippen molar-refractivity contribution in [1.29, 1.82) is 0 Å². The van der Waals surface area contributed by atoms with Gasteiger partial charge in [-0.1, -0.05) is 17.7 Å². The molecular weight excluding hydrogens is 400 g/mol. The van der Waals surface area contributed by atoms with Crippen LogP contribution in [0.2, 0.25) is 0 Å². The Morgan fingerprint density at radius 1 is 1.21 bits per heavy atom. The van der Waals surface area contributed by atoms with Crippen molar-refractivity contribution in [3.8, 4) is 0 Å². The molecule has 2 aliphatic heterocycles. The number of sulfone groups is 1. The Morgan fingerprint density at radius 2 is 1.93 bits per heavy atom. The predicted octanol–water partition coefficient (Wildman–Crippen LogP) is 1.20. The lowest BCUT2D eigenvalue weighted by atomic mass is 10.2. The van der Waals surface area contributed by atoms with Crippen LogP contribution in [-0.2, 0) is 24.6 Å². The first-order valence-electron chi connectivity index (χ1n) is 9.79. The van der Waals surface area contributed by atoms with Gasteiger partial charge in [-0.05, 0) is 44.9 Å². The van der Waals surface area contributed by atoms with Crippen LogP contribution in [0.25, 0.3) is 0 Å². The maximum Gasteiger partial charge on any atom is 0.243 e. The molecule has 0 radical (unpaired) electrons. The highest BCUT2D eigenvalue weighted by Gasteiger charge is 2.39. The fraction of sp³-hybridized carbons (Fsp3) is 0.684. The van der Waals surface area contributed by atoms with Crippen molar-refractivity contribution in [3.63, 3.8) is 0 Å². The van der Waals surface area contributed by atoms with Crippen molar-refractivity contribution >= 4 is 19.9 Å². The van der Waals surface area contributed by atoms with Crippen LogP contribution in [0.5, 0.6) is 0 Å². The molecule has 1 aromatic rings. The molecule has 9 heteroatoms. The minimum Gasteiger partial charge on any atom is -0.379 e. The molecular formula is C19H30N2O5S2. The molecule has 0 N–H and O–H groups in total. The summed E-state index contributed by atoms with van der Waals surface area (Å²) in [5.41, 5.74) is 1.69. The van der Waals surface area contributed by atoms with E-state index in [-0.39, 0.29) is 16.4 Å². The highest BCUT2D eigenvalue weighted by molar-refractivity contribution is 7.92. The third-order valence-corrected chi connectivity index (χ3v) is 9.35. The Balaban J connectivity index is 1.80. The van der Waals surface area contributed by atoms with Gasteiger partial charge in [0.2, 0.25) is 10.0 Å². The highest BCUT2D eigenvalue weighted by Crippen LogP contribution is 2.27. The number of sulfonamides is 1. The van der Waals surface area contributed by atoms with E-state index in [1.54, 1.807) is 19.1 Å². The van der Waals surface area contributed by atoms with Crippen molar-refractivity contribution < 1.29 is 21.6 Å². The smallest absolute Gasteiger partial charge is 0.243 e. The van der Waals surface area contributed by atoms with Gasteiger partial charge in [-0.25, -0.2) is 16.8 Å². The first-order valence-corrected chi connectivity index (χ1v) is 13.0. The summed E-state index contributed by atoms with van der Waals surface area (Å²) in [7, 11) is -6.94. The average molecular weight is 431 g/mol. The second-order valence-electron chi connectivity index (χ2n) is 7.75. The molecule has 0 aromatic heterocycles. The Morgan fingerprint density at radius 3 is 2.54 bits per heavy atom. The molecule has 2 saturated heterocycles. The number of morpholine rings is 1. The average Bonchev–Trinajstić information content (AvgIpc) is 2.98. The SMILES string of the molecule is Cc1ccc(S(=O)(=O)N(CCCN2CCOCC2)[C@H]2CCS(=O)(=O)C2)c(C)c1. The molecule has 2 aliphatic rings. The third kappa shape index (κ3) is 5.13. The summed E-state index contributed by atoms with van der Waals surface area (Å²) >= 11 is 0. The zero-order valence-corrected chi connectivity index (χ0v) is 18.3. The van der Waals surface area contributed by atoms with E-state index in [1.807, 2.05) is 13.0 Å². The molecule has 28 heavy (non-hydrogen) atoms. The fourth-order valence-electron chi connectivity index (χ4n) is 3.99. The maximum atomic E-state index is 13.4. The van der Waals surface area contributed by atoms with Gasteiger partial charge in [0.05, 0.1) is 29.6 Å². The van der Waals surface area contributed by atoms with E-state index in [1.165, 1.54) is 4.31 Å². The van der Waals surface area contributed by atoms with Crippen molar-refractivity contribution in [2.75, 3.05) is 50.9 Å². The second-order valence-corrected chi connectivity index (χ2v) is 11.8. The van der Waals surface area contributed by atoms with Crippen molar-refractivity contribution in [3.05, 3.63) is 29.3 Å². The molecule has 0 amide bonds. The van der Waals surface area contributed by atoms with Gasteiger partial charge >= 0.3 is 0 Å². The Labute approximate surface area is 168 Å². The first-order chi connectivity index (χ1) is 13.2. The van der Waals surface area contributed by atoms with Gasteiger partial charge < -0.3 is 4.74 Å². The van der Waals surface area contributed by atoms with Gasteiger partial charge in [0, 0.05) is 25.7 Å². The summed E-state index contributed by atoms with van der Waals surface area (Å²) in [6.45, 7) is 7.92. The third-order valence-electron chi connectivity index (χ3n) is 5.49. The number of ether oxygens (including phenoxy) is 1. The normalized spacial score (nSPS) is 23.3. The standard InChI is InChI=1S/C19H30N2O5S2/c1-16-4-5-19(17(2)14-16)28(24,25)21(18-6-13-27(22,23)15-18)8-3-7-20-9-11-26-12-10-20/h4-5,14,18H,3,6-13,15H2,1-2H3/t18-/m0/s1. The van der Waals surface area contributed by atoms with Gasteiger partial charge in [-0.3, -0.25) is 4.90 Å². The van der Waals surface area contributed by atoms with Crippen LogP contribution in [0.3, 0.4) is 0 Å². The lowest BCUT2D eigenvalue weighted by Crippen LogP contribution is -2.43. The molecule has 2 fully saturated rings. The topological polar surface area (TPSA) is 84.0 Å². The van der Waals surface area contributed by atoms with E-state index >= 15 is 0 Å². The summed E-state index contributed by atoms with van der Waals surface area (Å²) < 4.78 is 57.7. The summed E-state index contributed by atoms with van der Waals surface area (Å²) in [4.78, 5) is 2.53. The van der Waals surface area contributed by atoms with Gasteiger partial charge in [-0.2, -0.15) is 4.31 Å². The van der Waals surface area contributed by atoms with Crippen LogP contribution in [0, 0.1) is 13.8 Å². The first kappa shape index (κ1) is 21.7. The van der Waals surface area contributed by atoms with Crippen molar-refractivity contribution in [2.24, 2.45) is 0 Å². The Hall–Kier alpha value is -1.00. The number of rotatable bonds is 7. The molecule has 2 heterocycles. The van der Waals surface area contributed by atoms with E-state index in [0.29, 0.717) is 38.2 Å². The number of hydrogen-bond acceptors (Lipinski definition) is 6. The molecule has 1 atom stereocenters. The molecule has 158 valence electrons. The lowest BCUT2D eigenvalue weighted by Gasteiger charge is -2.30. The lowest BCUT2D eigenvalue weighted by molar-refractivity contribution is 0.0367. The number of hydrogen-bond donors (Lipinski definition) is 0. The quantitative estimate of drug-likeness (QED) is 0.646. The van der Waals surface area contributed by atoms with Crippen LogP contribution in [0.4, 0.5) is 0 Å². The number of nitrogens with zero attached hydrogens (tertiary/aromatic N) is 2. The fourth-order valence-corrected chi connectivity index (χ4v) is 7.72. The van der Waals surface area contributed by atoms with Crippen LogP contribution in [0.15, 0.2) is 23.1 Å².